The highest BCUT2D eigenvalue weighted by Crippen LogP contribution is 2.25. The minimum Gasteiger partial charge on any atom is -0.253 e. The molecule has 0 bridgehead atoms. The van der Waals surface area contributed by atoms with Crippen LogP contribution < -0.4 is 0 Å². The molecular formula is C14H19N. The van der Waals surface area contributed by atoms with Gasteiger partial charge in [0.25, 0.3) is 0 Å². The van der Waals surface area contributed by atoms with E-state index < -0.39 is 0 Å². The fraction of sp³-hybridized carbons (Fsp3) is 0.500. The average Bonchev–Trinajstić information content (AvgIpc) is 2.67. The number of fused-ring (bicyclic) bond motifs is 1. The molecule has 0 atom stereocenters. The Morgan fingerprint density at radius 3 is 3.00 bits per heavy atom. The van der Waals surface area contributed by atoms with Crippen LogP contribution in [0.2, 0.25) is 0 Å². The molecule has 0 radical (unpaired) electrons. The van der Waals surface area contributed by atoms with Crippen molar-refractivity contribution in [1.29, 1.82) is 0 Å². The molecular weight excluding hydrogens is 182 g/mol. The molecule has 80 valence electrons. The molecule has 15 heavy (non-hydrogen) atoms. The number of hydrogen-bond donors (Lipinski definition) is 0. The van der Waals surface area contributed by atoms with Crippen LogP contribution in [0.15, 0.2) is 40.6 Å². The molecule has 1 heteroatoms. The number of aliphatic imine (C=N–C) groups is 1. The van der Waals surface area contributed by atoms with Crippen LogP contribution in [-0.4, -0.2) is 5.71 Å². The van der Waals surface area contributed by atoms with Crippen molar-refractivity contribution in [3.63, 3.8) is 0 Å². The van der Waals surface area contributed by atoms with Gasteiger partial charge in [0.2, 0.25) is 0 Å². The molecule has 0 amide bonds. The molecule has 0 fully saturated rings. The standard InChI is InChI=1S/C14H19N/c1-2-3-4-5-9-13-11-12-8-6-7-10-14(12)15-13/h6,8,10-11H,2-5,7,9H2,1H3. The summed E-state index contributed by atoms with van der Waals surface area (Å²) in [6, 6.07) is 0. The fourth-order valence-electron chi connectivity index (χ4n) is 2.04. The fourth-order valence-corrected chi connectivity index (χ4v) is 2.04. The summed E-state index contributed by atoms with van der Waals surface area (Å²) >= 11 is 0. The largest absolute Gasteiger partial charge is 0.253 e. The lowest BCUT2D eigenvalue weighted by atomic mass is 10.1. The summed E-state index contributed by atoms with van der Waals surface area (Å²) in [7, 11) is 0. The number of allylic oxidation sites excluding steroid dienone is 4. The Kier molecular flexibility index (Phi) is 3.54. The van der Waals surface area contributed by atoms with Gasteiger partial charge in [-0.25, -0.2) is 0 Å². The van der Waals surface area contributed by atoms with Crippen LogP contribution in [0.4, 0.5) is 0 Å². The van der Waals surface area contributed by atoms with E-state index in [-0.39, 0.29) is 0 Å². The number of hydrogen-bond acceptors (Lipinski definition) is 1. The second-order valence-corrected chi connectivity index (χ2v) is 4.24. The first-order valence-electron chi connectivity index (χ1n) is 6.06. The third-order valence-electron chi connectivity index (χ3n) is 2.91. The molecule has 1 aliphatic heterocycles. The molecule has 0 spiro atoms. The monoisotopic (exact) mass is 201 g/mol. The van der Waals surface area contributed by atoms with Gasteiger partial charge in [-0.1, -0.05) is 44.4 Å². The topological polar surface area (TPSA) is 12.4 Å². The summed E-state index contributed by atoms with van der Waals surface area (Å²) in [5.41, 5.74) is 3.79. The first-order chi connectivity index (χ1) is 7.40. The van der Waals surface area contributed by atoms with Gasteiger partial charge in [0.05, 0.1) is 5.70 Å². The minimum atomic E-state index is 1.04. The first-order valence-corrected chi connectivity index (χ1v) is 6.06. The summed E-state index contributed by atoms with van der Waals surface area (Å²) in [4.78, 5) is 4.64. The van der Waals surface area contributed by atoms with E-state index >= 15 is 0 Å². The SMILES string of the molecule is CCCCCCC1=NC2=CCC=CC2=C1. The molecule has 1 heterocycles. The zero-order valence-corrected chi connectivity index (χ0v) is 9.50. The van der Waals surface area contributed by atoms with Crippen LogP contribution in [0, 0.1) is 0 Å². The Labute approximate surface area is 92.3 Å². The molecule has 0 aromatic rings. The van der Waals surface area contributed by atoms with Gasteiger partial charge in [0, 0.05) is 11.3 Å². The van der Waals surface area contributed by atoms with Crippen LogP contribution >= 0.6 is 0 Å². The highest BCUT2D eigenvalue weighted by atomic mass is 14.8. The maximum Gasteiger partial charge on any atom is 0.0669 e. The van der Waals surface area contributed by atoms with Crippen molar-refractivity contribution in [2.45, 2.75) is 45.4 Å². The smallest absolute Gasteiger partial charge is 0.0669 e. The zero-order valence-electron chi connectivity index (χ0n) is 9.50. The molecule has 0 saturated heterocycles. The summed E-state index contributed by atoms with van der Waals surface area (Å²) in [5.74, 6) is 0. The van der Waals surface area contributed by atoms with E-state index in [0.29, 0.717) is 0 Å². The van der Waals surface area contributed by atoms with Crippen molar-refractivity contribution in [3.05, 3.63) is 35.6 Å². The van der Waals surface area contributed by atoms with Gasteiger partial charge >= 0.3 is 0 Å². The summed E-state index contributed by atoms with van der Waals surface area (Å²) < 4.78 is 0. The van der Waals surface area contributed by atoms with Crippen molar-refractivity contribution in [1.82, 2.24) is 0 Å². The van der Waals surface area contributed by atoms with Crippen molar-refractivity contribution in [3.8, 4) is 0 Å². The molecule has 1 nitrogen and oxygen atoms in total. The van der Waals surface area contributed by atoms with Crippen LogP contribution in [0.25, 0.3) is 0 Å². The number of nitrogens with zero attached hydrogens (tertiary/aromatic N) is 1. The van der Waals surface area contributed by atoms with E-state index in [2.05, 4.69) is 36.2 Å². The highest BCUT2D eigenvalue weighted by Gasteiger charge is 2.12. The van der Waals surface area contributed by atoms with Crippen molar-refractivity contribution >= 4 is 5.71 Å². The summed E-state index contributed by atoms with van der Waals surface area (Å²) in [6.07, 6.45) is 16.3. The molecule has 2 rings (SSSR count). The van der Waals surface area contributed by atoms with Gasteiger partial charge in [-0.05, 0) is 25.3 Å². The number of unbranched alkanes of at least 4 members (excludes halogenated alkanes) is 3. The molecule has 0 aromatic carbocycles. The Morgan fingerprint density at radius 2 is 2.20 bits per heavy atom. The van der Waals surface area contributed by atoms with Crippen LogP contribution in [-0.2, 0) is 0 Å². The lowest BCUT2D eigenvalue weighted by Crippen LogP contribution is -1.90. The van der Waals surface area contributed by atoms with E-state index in [0.717, 1.165) is 12.8 Å². The van der Waals surface area contributed by atoms with E-state index in [1.54, 1.807) is 0 Å². The normalized spacial score (nSPS) is 18.3. The van der Waals surface area contributed by atoms with Crippen molar-refractivity contribution in [2.24, 2.45) is 4.99 Å². The minimum absolute atomic E-state index is 1.04. The lowest BCUT2D eigenvalue weighted by molar-refractivity contribution is 0.683. The van der Waals surface area contributed by atoms with Crippen molar-refractivity contribution in [2.75, 3.05) is 0 Å². The maximum absolute atomic E-state index is 4.64. The van der Waals surface area contributed by atoms with E-state index in [1.165, 1.54) is 42.7 Å². The quantitative estimate of drug-likeness (QED) is 0.592. The predicted octanol–water partition coefficient (Wildman–Crippen LogP) is 4.18. The van der Waals surface area contributed by atoms with Gasteiger partial charge < -0.3 is 0 Å². The molecule has 0 unspecified atom stereocenters. The molecule has 0 N–H and O–H groups in total. The molecule has 0 saturated carbocycles. The summed E-state index contributed by atoms with van der Waals surface area (Å²) in [6.45, 7) is 2.25. The Balaban J connectivity index is 1.85. The van der Waals surface area contributed by atoms with Gasteiger partial charge in [-0.3, -0.25) is 4.99 Å². The van der Waals surface area contributed by atoms with Crippen LogP contribution in [0.3, 0.4) is 0 Å². The number of rotatable bonds is 5. The first kappa shape index (κ1) is 10.4. The third kappa shape index (κ3) is 2.68. The Bertz CT molecular complexity index is 342. The van der Waals surface area contributed by atoms with Gasteiger partial charge in [0.1, 0.15) is 0 Å². The Morgan fingerprint density at radius 1 is 1.27 bits per heavy atom. The van der Waals surface area contributed by atoms with Gasteiger partial charge in [-0.15, -0.1) is 0 Å². The lowest BCUT2D eigenvalue weighted by Gasteiger charge is -2.00. The van der Waals surface area contributed by atoms with E-state index in [9.17, 15) is 0 Å². The second kappa shape index (κ2) is 5.11. The van der Waals surface area contributed by atoms with E-state index in [1.807, 2.05) is 0 Å². The Hall–Kier alpha value is -1.11. The summed E-state index contributed by atoms with van der Waals surface area (Å²) in [5, 5.41) is 0. The second-order valence-electron chi connectivity index (χ2n) is 4.24. The molecule has 1 aliphatic carbocycles. The van der Waals surface area contributed by atoms with Crippen molar-refractivity contribution < 1.29 is 0 Å². The maximum atomic E-state index is 4.64. The highest BCUT2D eigenvalue weighted by molar-refractivity contribution is 6.00. The van der Waals surface area contributed by atoms with E-state index in [4.69, 9.17) is 0 Å². The predicted molar refractivity (Wildman–Crippen MR) is 66.1 cm³/mol. The van der Waals surface area contributed by atoms with Gasteiger partial charge in [-0.2, -0.15) is 0 Å². The average molecular weight is 201 g/mol. The van der Waals surface area contributed by atoms with Gasteiger partial charge in [0.15, 0.2) is 0 Å². The van der Waals surface area contributed by atoms with Crippen LogP contribution in [0.1, 0.15) is 45.4 Å². The third-order valence-corrected chi connectivity index (χ3v) is 2.91. The molecule has 2 aliphatic rings. The zero-order chi connectivity index (χ0) is 10.5. The molecule has 0 aromatic heterocycles. The van der Waals surface area contributed by atoms with Crippen LogP contribution in [0.5, 0.6) is 0 Å².